The quantitative estimate of drug-likeness (QED) is 0.120. The van der Waals surface area contributed by atoms with Crippen molar-refractivity contribution in [1.82, 2.24) is 0 Å². The van der Waals surface area contributed by atoms with Crippen molar-refractivity contribution >= 4 is 82.6 Å². The molecule has 2 heterocycles. The van der Waals surface area contributed by atoms with Crippen LogP contribution >= 0.6 is 22.7 Å². The van der Waals surface area contributed by atoms with Crippen LogP contribution in [0.15, 0.2) is 96.6 Å². The van der Waals surface area contributed by atoms with Crippen LogP contribution < -0.4 is 4.90 Å². The molecule has 8 heteroatoms. The van der Waals surface area contributed by atoms with Crippen LogP contribution in [-0.2, 0) is 0 Å². The zero-order chi connectivity index (χ0) is 28.2. The molecular formula is C33H16F2N2O2S2. The normalized spacial score (nSPS) is 12.7. The van der Waals surface area contributed by atoms with Crippen molar-refractivity contribution in [3.05, 3.63) is 136 Å². The summed E-state index contributed by atoms with van der Waals surface area (Å²) in [7, 11) is 0. The number of rotatable bonds is 4. The van der Waals surface area contributed by atoms with Crippen LogP contribution in [0.2, 0.25) is 0 Å². The van der Waals surface area contributed by atoms with Gasteiger partial charge in [0.05, 0.1) is 16.8 Å². The van der Waals surface area contributed by atoms with Crippen LogP contribution in [0.1, 0.15) is 25.6 Å². The Balaban J connectivity index is 1.28. The molecule has 0 saturated heterocycles. The third-order valence-electron chi connectivity index (χ3n) is 6.96. The largest absolute Gasteiger partial charge is 0.312 e. The van der Waals surface area contributed by atoms with Crippen LogP contribution in [-0.4, -0.2) is 11.6 Å². The lowest BCUT2D eigenvalue weighted by Gasteiger charge is -2.25. The van der Waals surface area contributed by atoms with E-state index in [1.54, 1.807) is 17.4 Å². The van der Waals surface area contributed by atoms with Gasteiger partial charge in [-0.1, -0.05) is 36.4 Å². The Bertz CT molecular complexity index is 2100. The van der Waals surface area contributed by atoms with Gasteiger partial charge in [-0.15, -0.1) is 22.7 Å². The number of benzene rings is 4. The van der Waals surface area contributed by atoms with E-state index in [1.807, 2.05) is 60.7 Å². The topological polar surface area (TPSA) is 41.7 Å². The Morgan fingerprint density at radius 1 is 0.707 bits per heavy atom. The molecule has 0 radical (unpaired) electrons. The molecule has 1 aliphatic carbocycles. The summed E-state index contributed by atoms with van der Waals surface area (Å²) in [6, 6.07) is 27.2. The summed E-state index contributed by atoms with van der Waals surface area (Å²) < 4.78 is 30.5. The van der Waals surface area contributed by atoms with Gasteiger partial charge >= 0.3 is 0 Å². The molecule has 0 bridgehead atoms. The number of ketones is 2. The fourth-order valence-electron chi connectivity index (χ4n) is 5.08. The number of fused-ring (bicyclic) bond motifs is 4. The molecule has 0 saturated carbocycles. The van der Waals surface area contributed by atoms with Crippen LogP contribution in [0.25, 0.3) is 30.4 Å². The minimum absolute atomic E-state index is 0.0920. The van der Waals surface area contributed by atoms with Crippen molar-refractivity contribution in [3.63, 3.8) is 0 Å². The maximum Gasteiger partial charge on any atom is 0.197 e. The van der Waals surface area contributed by atoms with Gasteiger partial charge in [0.25, 0.3) is 0 Å². The predicted octanol–water partition coefficient (Wildman–Crippen LogP) is 9.88. The van der Waals surface area contributed by atoms with Crippen LogP contribution in [0.5, 0.6) is 0 Å². The summed E-state index contributed by atoms with van der Waals surface area (Å²) in [6.45, 7) is 7.44. The highest BCUT2D eigenvalue weighted by Gasteiger charge is 2.34. The average Bonchev–Trinajstić information content (AvgIpc) is 3.60. The standard InChI is InChI=1S/C33H16F2N2O2S2/c1-36-18-6-5-9-20(12-18)37(19-7-3-2-4-8-19)21-10-11-23-29(13-21)41-30-15-22(40-33(23)30)14-26-31(38)24-16-27(34)28(35)17-25(24)32(26)39/h2-17H. The van der Waals surface area contributed by atoms with Crippen molar-refractivity contribution in [2.24, 2.45) is 0 Å². The molecule has 7 rings (SSSR count). The van der Waals surface area contributed by atoms with Gasteiger partial charge in [0.15, 0.2) is 28.9 Å². The number of anilines is 3. The van der Waals surface area contributed by atoms with Gasteiger partial charge in [-0.25, -0.2) is 13.6 Å². The fourth-order valence-corrected chi connectivity index (χ4v) is 7.59. The van der Waals surface area contributed by atoms with Gasteiger partial charge in [-0.05, 0) is 60.7 Å². The third-order valence-corrected chi connectivity index (χ3v) is 9.31. The number of allylic oxidation sites excluding steroid dienone is 1. The lowest BCUT2D eigenvalue weighted by Crippen LogP contribution is -2.09. The van der Waals surface area contributed by atoms with Gasteiger partial charge < -0.3 is 4.90 Å². The van der Waals surface area contributed by atoms with E-state index in [4.69, 9.17) is 6.57 Å². The summed E-state index contributed by atoms with van der Waals surface area (Å²) in [5, 5.41) is 1.04. The maximum absolute atomic E-state index is 13.7. The molecule has 0 spiro atoms. The minimum Gasteiger partial charge on any atom is -0.312 e. The Morgan fingerprint density at radius 2 is 1.39 bits per heavy atom. The van der Waals surface area contributed by atoms with Crippen LogP contribution in [0, 0.1) is 18.2 Å². The van der Waals surface area contributed by atoms with Gasteiger partial charge in [-0.2, -0.15) is 0 Å². The Hall–Kier alpha value is -4.97. The maximum atomic E-state index is 13.7. The molecule has 0 unspecified atom stereocenters. The molecule has 0 amide bonds. The number of hydrogen-bond donors (Lipinski definition) is 0. The number of nitrogens with zero attached hydrogens (tertiary/aromatic N) is 2. The Kier molecular flexibility index (Phi) is 5.86. The summed E-state index contributed by atoms with van der Waals surface area (Å²) in [5.41, 5.74) is 3.03. The Labute approximate surface area is 240 Å². The molecule has 0 N–H and O–H groups in total. The number of hydrogen-bond acceptors (Lipinski definition) is 5. The van der Waals surface area contributed by atoms with E-state index in [9.17, 15) is 18.4 Å². The average molecular weight is 575 g/mol. The number of para-hydroxylation sites is 1. The summed E-state index contributed by atoms with van der Waals surface area (Å²) in [4.78, 5) is 32.1. The lowest BCUT2D eigenvalue weighted by atomic mass is 10.1. The molecule has 0 fully saturated rings. The van der Waals surface area contributed by atoms with Gasteiger partial charge in [0.1, 0.15) is 0 Å². The number of Topliss-reactive ketones (excluding diaryl/α,β-unsaturated/α-hetero) is 2. The van der Waals surface area contributed by atoms with E-state index < -0.39 is 23.2 Å². The van der Waals surface area contributed by atoms with E-state index in [-0.39, 0.29) is 16.7 Å². The van der Waals surface area contributed by atoms with Crippen molar-refractivity contribution in [1.29, 1.82) is 0 Å². The smallest absolute Gasteiger partial charge is 0.197 e. The van der Waals surface area contributed by atoms with E-state index in [0.29, 0.717) is 10.6 Å². The highest BCUT2D eigenvalue weighted by molar-refractivity contribution is 7.33. The molecular weight excluding hydrogens is 559 g/mol. The summed E-state index contributed by atoms with van der Waals surface area (Å²) in [5.74, 6) is -3.51. The molecule has 41 heavy (non-hydrogen) atoms. The van der Waals surface area contributed by atoms with E-state index in [1.165, 1.54) is 17.4 Å². The number of halogens is 2. The minimum atomic E-state index is -1.15. The van der Waals surface area contributed by atoms with Gasteiger partial charge in [-0.3, -0.25) is 9.59 Å². The van der Waals surface area contributed by atoms with E-state index in [0.717, 1.165) is 48.7 Å². The molecule has 0 atom stereocenters. The lowest BCUT2D eigenvalue weighted by molar-refractivity contribution is 0.0990. The van der Waals surface area contributed by atoms with Crippen LogP contribution in [0.3, 0.4) is 0 Å². The molecule has 0 aliphatic heterocycles. The first-order valence-electron chi connectivity index (χ1n) is 12.5. The van der Waals surface area contributed by atoms with Gasteiger partial charge in [0, 0.05) is 47.9 Å². The highest BCUT2D eigenvalue weighted by atomic mass is 32.1. The van der Waals surface area contributed by atoms with Crippen molar-refractivity contribution in [3.8, 4) is 0 Å². The third kappa shape index (κ3) is 4.14. The van der Waals surface area contributed by atoms with E-state index >= 15 is 0 Å². The van der Waals surface area contributed by atoms with Crippen LogP contribution in [0.4, 0.5) is 31.5 Å². The SMILES string of the molecule is [C-]#[N+]c1cccc(N(c2ccccc2)c2ccc3c(c2)sc2cc(C=C4C(=O)c5cc(F)c(F)cc5C4=O)sc23)c1. The molecule has 4 aromatic carbocycles. The van der Waals surface area contributed by atoms with Crippen molar-refractivity contribution in [2.75, 3.05) is 4.90 Å². The summed E-state index contributed by atoms with van der Waals surface area (Å²) >= 11 is 3.06. The number of thiophene rings is 2. The number of carbonyl (C=O) groups is 2. The first kappa shape index (κ1) is 25.0. The highest BCUT2D eigenvalue weighted by Crippen LogP contribution is 2.44. The summed E-state index contributed by atoms with van der Waals surface area (Å²) in [6.07, 6.45) is 1.51. The zero-order valence-electron chi connectivity index (χ0n) is 21.0. The zero-order valence-corrected chi connectivity index (χ0v) is 22.7. The molecule has 2 aromatic heterocycles. The molecule has 4 nitrogen and oxygen atoms in total. The number of carbonyl (C=O) groups excluding carboxylic acids is 2. The second kappa shape index (κ2) is 9.59. The molecule has 6 aromatic rings. The Morgan fingerprint density at radius 3 is 2.10 bits per heavy atom. The fraction of sp³-hybridized carbons (Fsp3) is 0. The van der Waals surface area contributed by atoms with Crippen molar-refractivity contribution in [2.45, 2.75) is 0 Å². The van der Waals surface area contributed by atoms with Crippen molar-refractivity contribution < 1.29 is 18.4 Å². The van der Waals surface area contributed by atoms with Gasteiger partial charge in [0.2, 0.25) is 0 Å². The van der Waals surface area contributed by atoms with E-state index in [2.05, 4.69) is 21.9 Å². The first-order valence-corrected chi connectivity index (χ1v) is 14.1. The second-order valence-corrected chi connectivity index (χ2v) is 11.6. The monoisotopic (exact) mass is 574 g/mol. The predicted molar refractivity (Wildman–Crippen MR) is 161 cm³/mol. The molecule has 1 aliphatic rings. The first-order chi connectivity index (χ1) is 19.9. The molecule has 196 valence electrons. The second-order valence-electron chi connectivity index (χ2n) is 9.46.